The molecule has 2 N–H and O–H groups in total. The standard InChI is InChI=1S/C13H10N2OS/c14-16-11-7-3-1-5-9(11)13-15-10-6-2-4-8-12(10)17-13/h1-8H,14H2. The molecule has 0 aliphatic rings. The first-order valence-corrected chi connectivity index (χ1v) is 6.02. The summed E-state index contributed by atoms with van der Waals surface area (Å²) in [5, 5.41) is 0.923. The molecule has 4 heteroatoms. The molecule has 0 aliphatic heterocycles. The van der Waals surface area contributed by atoms with Crippen LogP contribution in [-0.2, 0) is 0 Å². The Morgan fingerprint density at radius 3 is 2.59 bits per heavy atom. The summed E-state index contributed by atoms with van der Waals surface area (Å²) in [4.78, 5) is 9.44. The Labute approximate surface area is 102 Å². The quantitative estimate of drug-likeness (QED) is 0.702. The van der Waals surface area contributed by atoms with Gasteiger partial charge in [-0.15, -0.1) is 11.3 Å². The molecular weight excluding hydrogens is 232 g/mol. The molecule has 0 atom stereocenters. The van der Waals surface area contributed by atoms with E-state index in [1.165, 1.54) is 0 Å². The number of fused-ring (bicyclic) bond motifs is 1. The van der Waals surface area contributed by atoms with Gasteiger partial charge in [0.25, 0.3) is 0 Å². The minimum atomic E-state index is 0.645. The van der Waals surface area contributed by atoms with Crippen molar-refractivity contribution in [1.29, 1.82) is 0 Å². The molecular formula is C13H10N2OS. The molecule has 0 amide bonds. The van der Waals surface area contributed by atoms with E-state index in [2.05, 4.69) is 11.1 Å². The molecule has 2 aromatic carbocycles. The van der Waals surface area contributed by atoms with Gasteiger partial charge in [-0.2, -0.15) is 5.90 Å². The number of aromatic nitrogens is 1. The molecule has 3 nitrogen and oxygen atoms in total. The van der Waals surface area contributed by atoms with E-state index in [9.17, 15) is 0 Å². The van der Waals surface area contributed by atoms with Crippen molar-refractivity contribution in [3.8, 4) is 16.3 Å². The molecule has 0 saturated carbocycles. The van der Waals surface area contributed by atoms with Crippen LogP contribution in [0.15, 0.2) is 48.5 Å². The van der Waals surface area contributed by atoms with Gasteiger partial charge in [-0.1, -0.05) is 24.3 Å². The summed E-state index contributed by atoms with van der Waals surface area (Å²) in [7, 11) is 0. The number of hydrogen-bond acceptors (Lipinski definition) is 4. The minimum absolute atomic E-state index is 0.645. The first-order valence-electron chi connectivity index (χ1n) is 5.20. The summed E-state index contributed by atoms with van der Waals surface area (Å²) in [6.45, 7) is 0. The van der Waals surface area contributed by atoms with Crippen molar-refractivity contribution < 1.29 is 4.84 Å². The molecule has 0 aliphatic carbocycles. The van der Waals surface area contributed by atoms with Crippen LogP contribution in [0.25, 0.3) is 20.8 Å². The number of para-hydroxylation sites is 2. The minimum Gasteiger partial charge on any atom is -0.411 e. The fourth-order valence-corrected chi connectivity index (χ4v) is 2.73. The lowest BCUT2D eigenvalue weighted by atomic mass is 10.2. The number of rotatable bonds is 2. The molecule has 3 aromatic rings. The zero-order chi connectivity index (χ0) is 11.7. The molecule has 17 heavy (non-hydrogen) atoms. The third-order valence-corrected chi connectivity index (χ3v) is 3.61. The van der Waals surface area contributed by atoms with Crippen LogP contribution >= 0.6 is 11.3 Å². The number of hydrogen-bond donors (Lipinski definition) is 1. The third-order valence-electron chi connectivity index (χ3n) is 2.54. The van der Waals surface area contributed by atoms with Crippen LogP contribution in [0.1, 0.15) is 0 Å². The Morgan fingerprint density at radius 1 is 1.00 bits per heavy atom. The smallest absolute Gasteiger partial charge is 0.157 e. The van der Waals surface area contributed by atoms with Crippen molar-refractivity contribution >= 4 is 21.6 Å². The third kappa shape index (κ3) is 1.77. The molecule has 0 bridgehead atoms. The molecule has 0 saturated heterocycles. The van der Waals surface area contributed by atoms with Gasteiger partial charge in [-0.05, 0) is 24.3 Å². The second-order valence-corrected chi connectivity index (χ2v) is 4.63. The number of thiazole rings is 1. The average Bonchev–Trinajstić information content (AvgIpc) is 2.82. The van der Waals surface area contributed by atoms with Crippen LogP contribution in [-0.4, -0.2) is 4.98 Å². The number of nitrogens with zero attached hydrogens (tertiary/aromatic N) is 1. The van der Waals surface area contributed by atoms with Gasteiger partial charge in [0, 0.05) is 0 Å². The number of nitrogens with two attached hydrogens (primary N) is 1. The van der Waals surface area contributed by atoms with E-state index >= 15 is 0 Å². The van der Waals surface area contributed by atoms with E-state index in [1.807, 2.05) is 42.5 Å². The van der Waals surface area contributed by atoms with E-state index in [1.54, 1.807) is 11.3 Å². The molecule has 84 valence electrons. The zero-order valence-electron chi connectivity index (χ0n) is 8.96. The van der Waals surface area contributed by atoms with Gasteiger partial charge >= 0.3 is 0 Å². The van der Waals surface area contributed by atoms with Crippen LogP contribution < -0.4 is 10.7 Å². The van der Waals surface area contributed by atoms with Crippen LogP contribution in [0.2, 0.25) is 0 Å². The maximum Gasteiger partial charge on any atom is 0.157 e. The fourth-order valence-electron chi connectivity index (χ4n) is 1.73. The molecule has 3 rings (SSSR count). The average molecular weight is 242 g/mol. The van der Waals surface area contributed by atoms with Crippen molar-refractivity contribution in [2.45, 2.75) is 0 Å². The second kappa shape index (κ2) is 4.16. The Bertz CT molecular complexity index is 630. The van der Waals surface area contributed by atoms with Gasteiger partial charge in [-0.3, -0.25) is 0 Å². The van der Waals surface area contributed by atoms with Gasteiger partial charge in [0.2, 0.25) is 0 Å². The van der Waals surface area contributed by atoms with E-state index in [-0.39, 0.29) is 0 Å². The first kappa shape index (κ1) is 10.3. The Balaban J connectivity index is 2.20. The summed E-state index contributed by atoms with van der Waals surface area (Å²) < 4.78 is 1.16. The lowest BCUT2D eigenvalue weighted by Gasteiger charge is -2.03. The van der Waals surface area contributed by atoms with E-state index in [4.69, 9.17) is 10.7 Å². The summed E-state index contributed by atoms with van der Waals surface area (Å²) in [5.74, 6) is 5.90. The molecule has 0 radical (unpaired) electrons. The normalized spacial score (nSPS) is 10.6. The molecule has 1 heterocycles. The van der Waals surface area contributed by atoms with Crippen LogP contribution in [0.3, 0.4) is 0 Å². The van der Waals surface area contributed by atoms with Gasteiger partial charge in [0.05, 0.1) is 15.8 Å². The molecule has 1 aromatic heterocycles. The summed E-state index contributed by atoms with van der Waals surface area (Å²) in [6, 6.07) is 15.7. The lowest BCUT2D eigenvalue weighted by molar-refractivity contribution is 0.336. The molecule has 0 fully saturated rings. The predicted molar refractivity (Wildman–Crippen MR) is 69.9 cm³/mol. The zero-order valence-corrected chi connectivity index (χ0v) is 9.78. The summed E-state index contributed by atoms with van der Waals surface area (Å²) in [6.07, 6.45) is 0. The van der Waals surface area contributed by atoms with Crippen LogP contribution in [0.4, 0.5) is 0 Å². The SMILES string of the molecule is NOc1ccccc1-c1nc2ccccc2s1. The molecule has 0 unspecified atom stereocenters. The van der Waals surface area contributed by atoms with Gasteiger partial charge < -0.3 is 4.84 Å². The maximum atomic E-state index is 5.26. The highest BCUT2D eigenvalue weighted by Crippen LogP contribution is 2.34. The van der Waals surface area contributed by atoms with E-state index in [0.29, 0.717) is 5.75 Å². The van der Waals surface area contributed by atoms with Crippen LogP contribution in [0, 0.1) is 0 Å². The van der Waals surface area contributed by atoms with Gasteiger partial charge in [0.15, 0.2) is 5.75 Å². The highest BCUT2D eigenvalue weighted by Gasteiger charge is 2.10. The monoisotopic (exact) mass is 242 g/mol. The van der Waals surface area contributed by atoms with Crippen molar-refractivity contribution in [2.75, 3.05) is 0 Å². The fraction of sp³-hybridized carbons (Fsp3) is 0. The van der Waals surface area contributed by atoms with Crippen LogP contribution in [0.5, 0.6) is 5.75 Å². The Kier molecular flexibility index (Phi) is 2.51. The predicted octanol–water partition coefficient (Wildman–Crippen LogP) is 3.22. The highest BCUT2D eigenvalue weighted by molar-refractivity contribution is 7.21. The first-order chi connectivity index (χ1) is 8.38. The second-order valence-electron chi connectivity index (χ2n) is 3.60. The van der Waals surface area contributed by atoms with Gasteiger partial charge in [0.1, 0.15) is 5.01 Å². The van der Waals surface area contributed by atoms with Crippen molar-refractivity contribution in [3.63, 3.8) is 0 Å². The highest BCUT2D eigenvalue weighted by atomic mass is 32.1. The van der Waals surface area contributed by atoms with Gasteiger partial charge in [-0.25, -0.2) is 4.98 Å². The summed E-state index contributed by atoms with van der Waals surface area (Å²) >= 11 is 1.63. The largest absolute Gasteiger partial charge is 0.411 e. The lowest BCUT2D eigenvalue weighted by Crippen LogP contribution is -2.02. The Hall–Kier alpha value is -1.91. The van der Waals surface area contributed by atoms with E-state index in [0.717, 1.165) is 20.8 Å². The Morgan fingerprint density at radius 2 is 1.76 bits per heavy atom. The van der Waals surface area contributed by atoms with E-state index < -0.39 is 0 Å². The topological polar surface area (TPSA) is 48.1 Å². The number of benzene rings is 2. The maximum absolute atomic E-state index is 5.26. The van der Waals surface area contributed by atoms with Crippen molar-refractivity contribution in [3.05, 3.63) is 48.5 Å². The van der Waals surface area contributed by atoms with Crippen molar-refractivity contribution in [1.82, 2.24) is 4.98 Å². The summed E-state index contributed by atoms with van der Waals surface area (Å²) in [5.41, 5.74) is 1.93. The van der Waals surface area contributed by atoms with Crippen molar-refractivity contribution in [2.24, 2.45) is 5.90 Å². The molecule has 0 spiro atoms.